The molecule has 4 N–H and O–H groups in total. The van der Waals surface area contributed by atoms with Crippen LogP contribution in [0.2, 0.25) is 0 Å². The summed E-state index contributed by atoms with van der Waals surface area (Å²) in [5, 5.41) is 1.79. The average Bonchev–Trinajstić information content (AvgIpc) is 2.83. The molecule has 0 saturated heterocycles. The Morgan fingerprint density at radius 3 is 2.29 bits per heavy atom. The number of hydrogen-bond acceptors (Lipinski definition) is 7. The van der Waals surface area contributed by atoms with Crippen molar-refractivity contribution in [2.45, 2.75) is 24.5 Å². The quantitative estimate of drug-likeness (QED) is 0.384. The van der Waals surface area contributed by atoms with Gasteiger partial charge in [-0.3, -0.25) is 14.8 Å². The van der Waals surface area contributed by atoms with Crippen LogP contribution in [0, 0.1) is 0 Å². The van der Waals surface area contributed by atoms with Crippen molar-refractivity contribution in [2.24, 2.45) is 5.73 Å². The van der Waals surface area contributed by atoms with E-state index < -0.39 is 34.0 Å². The Bertz CT molecular complexity index is 1310. The molecule has 0 aliphatic heterocycles. The van der Waals surface area contributed by atoms with E-state index in [9.17, 15) is 22.8 Å². The molecule has 0 spiro atoms. The van der Waals surface area contributed by atoms with Crippen LogP contribution in [0.1, 0.15) is 22.8 Å². The first-order valence-corrected chi connectivity index (χ1v) is 11.8. The van der Waals surface area contributed by atoms with Gasteiger partial charge >= 0.3 is 12.0 Å². The van der Waals surface area contributed by atoms with Gasteiger partial charge in [-0.05, 0) is 55.0 Å². The molecule has 0 aromatic heterocycles. The summed E-state index contributed by atoms with van der Waals surface area (Å²) in [7, 11) is -4.04. The van der Waals surface area contributed by atoms with Gasteiger partial charge in [0, 0.05) is 5.69 Å². The molecule has 1 atom stereocenters. The Hall–Kier alpha value is -4.38. The van der Waals surface area contributed by atoms with Crippen LogP contribution in [0.4, 0.5) is 10.5 Å². The molecule has 0 bridgehead atoms. The van der Waals surface area contributed by atoms with E-state index in [2.05, 4.69) is 4.72 Å². The Balaban J connectivity index is 1.64. The third kappa shape index (κ3) is 7.30. The van der Waals surface area contributed by atoms with Gasteiger partial charge in [-0.15, -0.1) is 0 Å². The lowest BCUT2D eigenvalue weighted by atomic mass is 10.2. The van der Waals surface area contributed by atoms with Crippen LogP contribution >= 0.6 is 0 Å². The second-order valence-corrected chi connectivity index (χ2v) is 9.02. The number of imide groups is 1. The normalized spacial score (nSPS) is 11.7. The van der Waals surface area contributed by atoms with Crippen LogP contribution in [-0.4, -0.2) is 32.4 Å². The van der Waals surface area contributed by atoms with Crippen molar-refractivity contribution in [3.8, 4) is 5.75 Å². The molecule has 3 aromatic rings. The molecule has 10 nitrogen and oxygen atoms in total. The zero-order valence-corrected chi connectivity index (χ0v) is 19.4. The first-order valence-electron chi connectivity index (χ1n) is 10.3. The van der Waals surface area contributed by atoms with Gasteiger partial charge in [-0.1, -0.05) is 36.4 Å². The highest BCUT2D eigenvalue weighted by molar-refractivity contribution is 7.92. The van der Waals surface area contributed by atoms with E-state index >= 15 is 0 Å². The number of hydrogen-bond donors (Lipinski definition) is 3. The van der Waals surface area contributed by atoms with Crippen molar-refractivity contribution in [1.82, 2.24) is 5.32 Å². The number of carbonyl (C=O) groups excluding carboxylic acids is 3. The number of esters is 1. The van der Waals surface area contributed by atoms with E-state index in [1.54, 1.807) is 29.6 Å². The minimum Gasteiger partial charge on any atom is -0.489 e. The fraction of sp³-hybridized carbons (Fsp3) is 0.125. The summed E-state index contributed by atoms with van der Waals surface area (Å²) in [5.74, 6) is -1.29. The van der Waals surface area contributed by atoms with Crippen molar-refractivity contribution in [1.29, 1.82) is 0 Å². The molecule has 0 aliphatic rings. The molecule has 35 heavy (non-hydrogen) atoms. The number of carbonyl (C=O) groups is 3. The second-order valence-electron chi connectivity index (χ2n) is 7.33. The topological polar surface area (TPSA) is 154 Å². The number of anilines is 1. The van der Waals surface area contributed by atoms with Gasteiger partial charge in [-0.2, -0.15) is 0 Å². The highest BCUT2D eigenvalue weighted by Gasteiger charge is 2.22. The summed E-state index contributed by atoms with van der Waals surface area (Å²) in [6, 6.07) is 20.0. The molecule has 182 valence electrons. The lowest BCUT2D eigenvalue weighted by Crippen LogP contribution is -2.42. The van der Waals surface area contributed by atoms with Gasteiger partial charge in [-0.25, -0.2) is 18.0 Å². The van der Waals surface area contributed by atoms with Crippen LogP contribution < -0.4 is 20.5 Å². The lowest BCUT2D eigenvalue weighted by molar-refractivity contribution is -0.127. The highest BCUT2D eigenvalue weighted by atomic mass is 32.2. The predicted octanol–water partition coefficient (Wildman–Crippen LogP) is 2.81. The van der Waals surface area contributed by atoms with Crippen molar-refractivity contribution in [3.05, 3.63) is 90.0 Å². The molecule has 1 unspecified atom stereocenters. The van der Waals surface area contributed by atoms with Crippen molar-refractivity contribution < 1.29 is 32.3 Å². The largest absolute Gasteiger partial charge is 0.489 e. The van der Waals surface area contributed by atoms with E-state index in [0.717, 1.165) is 11.6 Å². The maximum Gasteiger partial charge on any atom is 0.338 e. The molecule has 0 heterocycles. The van der Waals surface area contributed by atoms with E-state index in [0.29, 0.717) is 18.0 Å². The summed E-state index contributed by atoms with van der Waals surface area (Å²) in [6.45, 7) is 1.61. The molecule has 0 radical (unpaired) electrons. The molecule has 11 heteroatoms. The Morgan fingerprint density at radius 2 is 1.63 bits per heavy atom. The number of ether oxygens (including phenoxy) is 2. The fourth-order valence-corrected chi connectivity index (χ4v) is 3.97. The molecule has 3 rings (SSSR count). The first kappa shape index (κ1) is 25.2. The van der Waals surface area contributed by atoms with Gasteiger partial charge < -0.3 is 15.2 Å². The van der Waals surface area contributed by atoms with Gasteiger partial charge in [0.25, 0.3) is 15.9 Å². The standard InChI is InChI=1S/C24H23N3O7S/c1-16(22(28)26-24(25)30)34-23(29)18-8-5-9-21(14-18)35(31,32)27-19-10-12-20(13-11-19)33-15-17-6-3-2-4-7-17/h2-14,16,27H,15H2,1H3,(H3,25,26,28,30). The molecule has 3 aromatic carbocycles. The third-order valence-corrected chi connectivity index (χ3v) is 6.01. The summed E-state index contributed by atoms with van der Waals surface area (Å²) in [4.78, 5) is 34.6. The second kappa shape index (κ2) is 11.2. The number of rotatable bonds is 9. The Kier molecular flexibility index (Phi) is 8.05. The number of primary amides is 1. The molecular weight excluding hydrogens is 474 g/mol. The average molecular weight is 498 g/mol. The van der Waals surface area contributed by atoms with Gasteiger partial charge in [0.05, 0.1) is 10.5 Å². The molecule has 0 fully saturated rings. The van der Waals surface area contributed by atoms with Crippen LogP contribution in [0.15, 0.2) is 83.8 Å². The molecule has 0 aliphatic carbocycles. The molecular formula is C24H23N3O7S. The molecule has 0 saturated carbocycles. The smallest absolute Gasteiger partial charge is 0.338 e. The number of urea groups is 1. The number of nitrogens with one attached hydrogen (secondary N) is 2. The van der Waals surface area contributed by atoms with E-state index in [1.165, 1.54) is 25.1 Å². The summed E-state index contributed by atoms with van der Waals surface area (Å²) in [6.07, 6.45) is -1.32. The van der Waals surface area contributed by atoms with Gasteiger partial charge in [0.15, 0.2) is 6.10 Å². The summed E-state index contributed by atoms with van der Waals surface area (Å²) >= 11 is 0. The number of nitrogens with two attached hydrogens (primary N) is 1. The van der Waals surface area contributed by atoms with Crippen LogP contribution in [0.3, 0.4) is 0 Å². The van der Waals surface area contributed by atoms with E-state index in [1.807, 2.05) is 30.3 Å². The van der Waals surface area contributed by atoms with Gasteiger partial charge in [0.2, 0.25) is 0 Å². The van der Waals surface area contributed by atoms with E-state index in [-0.39, 0.29) is 10.5 Å². The fourth-order valence-electron chi connectivity index (χ4n) is 2.87. The summed E-state index contributed by atoms with van der Waals surface area (Å²) < 4.78 is 38.7. The van der Waals surface area contributed by atoms with Crippen molar-refractivity contribution in [2.75, 3.05) is 4.72 Å². The maximum absolute atomic E-state index is 12.8. The highest BCUT2D eigenvalue weighted by Crippen LogP contribution is 2.21. The molecule has 3 amide bonds. The maximum atomic E-state index is 12.8. The van der Waals surface area contributed by atoms with Crippen molar-refractivity contribution >= 4 is 33.6 Å². The monoisotopic (exact) mass is 497 g/mol. The minimum absolute atomic E-state index is 0.101. The number of amides is 3. The van der Waals surface area contributed by atoms with E-state index in [4.69, 9.17) is 15.2 Å². The third-order valence-electron chi connectivity index (χ3n) is 4.63. The number of sulfonamides is 1. The minimum atomic E-state index is -4.04. The van der Waals surface area contributed by atoms with Gasteiger partial charge in [0.1, 0.15) is 12.4 Å². The first-order chi connectivity index (χ1) is 16.6. The zero-order valence-electron chi connectivity index (χ0n) is 18.6. The predicted molar refractivity (Wildman–Crippen MR) is 127 cm³/mol. The lowest BCUT2D eigenvalue weighted by Gasteiger charge is -2.13. The van der Waals surface area contributed by atoms with Crippen LogP contribution in [0.5, 0.6) is 5.75 Å². The van der Waals surface area contributed by atoms with Crippen LogP contribution in [0.25, 0.3) is 0 Å². The Labute approximate surface area is 202 Å². The SMILES string of the molecule is CC(OC(=O)c1cccc(S(=O)(=O)Nc2ccc(OCc3ccccc3)cc2)c1)C(=O)NC(N)=O. The van der Waals surface area contributed by atoms with Crippen LogP contribution in [-0.2, 0) is 26.2 Å². The number of benzene rings is 3. The summed E-state index contributed by atoms with van der Waals surface area (Å²) in [5.41, 5.74) is 6.05. The Morgan fingerprint density at radius 1 is 0.943 bits per heavy atom. The zero-order chi connectivity index (χ0) is 25.4. The van der Waals surface area contributed by atoms with Crippen molar-refractivity contribution in [3.63, 3.8) is 0 Å².